The van der Waals surface area contributed by atoms with Gasteiger partial charge in [-0.05, 0) is 37.6 Å². The van der Waals surface area contributed by atoms with Gasteiger partial charge in [-0.3, -0.25) is 0 Å². The summed E-state index contributed by atoms with van der Waals surface area (Å²) in [6.45, 7) is 3.64. The van der Waals surface area contributed by atoms with Crippen LogP contribution in [0.3, 0.4) is 0 Å². The van der Waals surface area contributed by atoms with E-state index in [9.17, 15) is 0 Å². The number of unbranched alkanes of at least 4 members (excludes halogenated alkanes) is 1. The first kappa shape index (κ1) is 8.54. The topological polar surface area (TPSA) is 0 Å². The van der Waals surface area contributed by atoms with Crippen molar-refractivity contribution in [1.82, 2.24) is 0 Å². The van der Waals surface area contributed by atoms with Crippen molar-refractivity contribution in [1.29, 1.82) is 0 Å². The van der Waals surface area contributed by atoms with Gasteiger partial charge in [-0.1, -0.05) is 18.2 Å². The SMILES string of the molecule is [CH2]/C=C/CCCc1cccs1. The normalized spacial score (nSPS) is 11.0. The molecule has 1 aromatic heterocycles. The average Bonchev–Trinajstić information content (AvgIpc) is 2.50. The Bertz CT molecular complexity index is 197. The maximum Gasteiger partial charge on any atom is 0.00453 e. The van der Waals surface area contributed by atoms with Gasteiger partial charge in [-0.15, -0.1) is 11.3 Å². The Labute approximate surface area is 72.6 Å². The quantitative estimate of drug-likeness (QED) is 0.599. The fraction of sp³-hybridized carbons (Fsp3) is 0.300. The van der Waals surface area contributed by atoms with E-state index in [0.29, 0.717) is 0 Å². The fourth-order valence-electron chi connectivity index (χ4n) is 0.967. The van der Waals surface area contributed by atoms with E-state index >= 15 is 0 Å². The zero-order chi connectivity index (χ0) is 7.94. The molecule has 1 heterocycles. The molecule has 0 spiro atoms. The summed E-state index contributed by atoms with van der Waals surface area (Å²) in [5.41, 5.74) is 0. The van der Waals surface area contributed by atoms with Gasteiger partial charge >= 0.3 is 0 Å². The molecule has 0 fully saturated rings. The van der Waals surface area contributed by atoms with Crippen molar-refractivity contribution in [3.8, 4) is 0 Å². The Balaban J connectivity index is 2.14. The van der Waals surface area contributed by atoms with Gasteiger partial charge in [0.05, 0.1) is 0 Å². The molecule has 59 valence electrons. The number of rotatable bonds is 4. The summed E-state index contributed by atoms with van der Waals surface area (Å²) in [4.78, 5) is 1.49. The highest BCUT2D eigenvalue weighted by atomic mass is 32.1. The molecule has 0 aliphatic carbocycles. The molecule has 1 radical (unpaired) electrons. The van der Waals surface area contributed by atoms with Gasteiger partial charge in [0.15, 0.2) is 0 Å². The van der Waals surface area contributed by atoms with Crippen molar-refractivity contribution in [3.05, 3.63) is 41.5 Å². The van der Waals surface area contributed by atoms with Crippen LogP contribution in [0.5, 0.6) is 0 Å². The van der Waals surface area contributed by atoms with Gasteiger partial charge < -0.3 is 0 Å². The van der Waals surface area contributed by atoms with Gasteiger partial charge in [-0.25, -0.2) is 0 Å². The second kappa shape index (κ2) is 5.14. The molecule has 0 saturated carbocycles. The van der Waals surface area contributed by atoms with E-state index in [1.165, 1.54) is 17.7 Å². The molecule has 0 amide bonds. The van der Waals surface area contributed by atoms with E-state index < -0.39 is 0 Å². The van der Waals surface area contributed by atoms with Crippen LogP contribution in [0.15, 0.2) is 29.7 Å². The standard InChI is InChI=1S/C10H13S/c1-2-3-4-5-7-10-8-6-9-11-10/h2-3,6,8-9H,1,4-5,7H2/b3-2+. The Kier molecular flexibility index (Phi) is 3.99. The lowest BCUT2D eigenvalue weighted by Gasteiger charge is -1.92. The summed E-state index contributed by atoms with van der Waals surface area (Å²) in [7, 11) is 0. The van der Waals surface area contributed by atoms with E-state index in [-0.39, 0.29) is 0 Å². The van der Waals surface area contributed by atoms with Crippen LogP contribution >= 0.6 is 11.3 Å². The van der Waals surface area contributed by atoms with Crippen molar-refractivity contribution in [2.75, 3.05) is 0 Å². The molecule has 0 atom stereocenters. The summed E-state index contributed by atoms with van der Waals surface area (Å²) in [6.07, 6.45) is 7.60. The van der Waals surface area contributed by atoms with Crippen LogP contribution in [0.1, 0.15) is 17.7 Å². The van der Waals surface area contributed by atoms with Crippen molar-refractivity contribution in [2.24, 2.45) is 0 Å². The second-order valence-electron chi connectivity index (χ2n) is 2.44. The predicted molar refractivity (Wildman–Crippen MR) is 51.8 cm³/mol. The van der Waals surface area contributed by atoms with Gasteiger partial charge in [0, 0.05) is 4.88 Å². The predicted octanol–water partition coefficient (Wildman–Crippen LogP) is 3.46. The maximum atomic E-state index is 3.64. The lowest BCUT2D eigenvalue weighted by molar-refractivity contribution is 0.855. The van der Waals surface area contributed by atoms with E-state index in [1.807, 2.05) is 17.4 Å². The molecule has 0 N–H and O–H groups in total. The number of hydrogen-bond donors (Lipinski definition) is 0. The molecule has 11 heavy (non-hydrogen) atoms. The molecule has 0 aromatic carbocycles. The molecular formula is C10H13S. The molecule has 0 aliphatic heterocycles. The van der Waals surface area contributed by atoms with Crippen LogP contribution < -0.4 is 0 Å². The highest BCUT2D eigenvalue weighted by molar-refractivity contribution is 7.09. The molecule has 1 heteroatoms. The molecule has 0 unspecified atom stereocenters. The number of allylic oxidation sites excluding steroid dienone is 2. The van der Waals surface area contributed by atoms with Crippen molar-refractivity contribution >= 4 is 11.3 Å². The van der Waals surface area contributed by atoms with Crippen molar-refractivity contribution < 1.29 is 0 Å². The minimum atomic E-state index is 1.15. The zero-order valence-corrected chi connectivity index (χ0v) is 7.44. The third-order valence-electron chi connectivity index (χ3n) is 1.54. The number of thiophene rings is 1. The number of hydrogen-bond acceptors (Lipinski definition) is 1. The Morgan fingerprint density at radius 3 is 3.09 bits per heavy atom. The highest BCUT2D eigenvalue weighted by Gasteiger charge is 1.90. The second-order valence-corrected chi connectivity index (χ2v) is 3.48. The molecular weight excluding hydrogens is 152 g/mol. The van der Waals surface area contributed by atoms with Gasteiger partial charge in [0.2, 0.25) is 0 Å². The van der Waals surface area contributed by atoms with Crippen LogP contribution in [0.2, 0.25) is 0 Å². The largest absolute Gasteiger partial charge is 0.149 e. The molecule has 1 aromatic rings. The number of aryl methyl sites for hydroxylation is 1. The fourth-order valence-corrected chi connectivity index (χ4v) is 1.72. The van der Waals surface area contributed by atoms with Crippen molar-refractivity contribution in [2.45, 2.75) is 19.3 Å². The Hall–Kier alpha value is -0.560. The first-order chi connectivity index (χ1) is 5.43. The smallest absolute Gasteiger partial charge is 0.00453 e. The third kappa shape index (κ3) is 3.38. The van der Waals surface area contributed by atoms with Crippen LogP contribution in [0.4, 0.5) is 0 Å². The lowest BCUT2D eigenvalue weighted by Crippen LogP contribution is -1.77. The molecule has 0 saturated heterocycles. The maximum absolute atomic E-state index is 3.64. The van der Waals surface area contributed by atoms with E-state index in [0.717, 1.165) is 6.42 Å². The molecule has 0 aliphatic rings. The molecule has 0 nitrogen and oxygen atoms in total. The highest BCUT2D eigenvalue weighted by Crippen LogP contribution is 2.11. The summed E-state index contributed by atoms with van der Waals surface area (Å²) in [5.74, 6) is 0. The van der Waals surface area contributed by atoms with E-state index in [4.69, 9.17) is 0 Å². The monoisotopic (exact) mass is 165 g/mol. The Morgan fingerprint density at radius 1 is 1.55 bits per heavy atom. The van der Waals surface area contributed by atoms with Gasteiger partial charge in [-0.2, -0.15) is 0 Å². The third-order valence-corrected chi connectivity index (χ3v) is 2.48. The summed E-state index contributed by atoms with van der Waals surface area (Å²) in [5, 5.41) is 2.13. The minimum absolute atomic E-state index is 1.15. The first-order valence-corrected chi connectivity index (χ1v) is 4.78. The summed E-state index contributed by atoms with van der Waals surface area (Å²) < 4.78 is 0. The minimum Gasteiger partial charge on any atom is -0.149 e. The lowest BCUT2D eigenvalue weighted by atomic mass is 10.2. The zero-order valence-electron chi connectivity index (χ0n) is 6.62. The van der Waals surface area contributed by atoms with Gasteiger partial charge in [0.25, 0.3) is 0 Å². The Morgan fingerprint density at radius 2 is 2.45 bits per heavy atom. The van der Waals surface area contributed by atoms with E-state index in [1.54, 1.807) is 0 Å². The summed E-state index contributed by atoms with van der Waals surface area (Å²) >= 11 is 1.84. The van der Waals surface area contributed by atoms with Crippen LogP contribution in [-0.2, 0) is 6.42 Å². The first-order valence-electron chi connectivity index (χ1n) is 3.90. The van der Waals surface area contributed by atoms with E-state index in [2.05, 4.69) is 30.5 Å². The van der Waals surface area contributed by atoms with Crippen LogP contribution in [0, 0.1) is 6.92 Å². The van der Waals surface area contributed by atoms with Crippen LogP contribution in [-0.4, -0.2) is 0 Å². The average molecular weight is 165 g/mol. The van der Waals surface area contributed by atoms with Gasteiger partial charge in [0.1, 0.15) is 0 Å². The van der Waals surface area contributed by atoms with Crippen LogP contribution in [0.25, 0.3) is 0 Å². The summed E-state index contributed by atoms with van der Waals surface area (Å²) in [6, 6.07) is 4.30. The molecule has 1 rings (SSSR count). The molecule has 0 bridgehead atoms. The van der Waals surface area contributed by atoms with Crippen molar-refractivity contribution in [3.63, 3.8) is 0 Å².